The zero-order valence-electron chi connectivity index (χ0n) is 15.7. The molecule has 0 radical (unpaired) electrons. The topological polar surface area (TPSA) is 71.3 Å². The minimum Gasteiger partial charge on any atom is -0.493 e. The third-order valence-corrected chi connectivity index (χ3v) is 5.86. The van der Waals surface area contributed by atoms with Crippen LogP contribution in [0.4, 0.5) is 5.00 Å². The molecule has 1 heterocycles. The number of nitrogens with one attached hydrogen (secondary N) is 1. The number of thiophene rings is 1. The number of carbonyl (C=O) groups is 1. The molecule has 0 bridgehead atoms. The summed E-state index contributed by atoms with van der Waals surface area (Å²) in [4.78, 5) is 13.6. The first kappa shape index (κ1) is 19.0. The highest BCUT2D eigenvalue weighted by molar-refractivity contribution is 7.16. The maximum atomic E-state index is 12.4. The molecule has 1 aromatic carbocycles. The Morgan fingerprint density at radius 2 is 2.11 bits per heavy atom. The molecule has 1 aliphatic rings. The molecule has 27 heavy (non-hydrogen) atoms. The van der Waals surface area contributed by atoms with Crippen LogP contribution < -0.4 is 14.8 Å². The van der Waals surface area contributed by atoms with Crippen LogP contribution in [-0.4, -0.2) is 20.1 Å². The van der Waals surface area contributed by atoms with Crippen LogP contribution in [0.25, 0.3) is 6.08 Å². The van der Waals surface area contributed by atoms with Crippen LogP contribution in [0.2, 0.25) is 0 Å². The van der Waals surface area contributed by atoms with Gasteiger partial charge in [0.25, 0.3) is 0 Å². The lowest BCUT2D eigenvalue weighted by Crippen LogP contribution is -2.10. The zero-order chi connectivity index (χ0) is 19.4. The molecule has 1 aromatic heterocycles. The number of carbonyl (C=O) groups excluding carboxylic acids is 1. The molecule has 0 unspecified atom stereocenters. The second-order valence-electron chi connectivity index (χ2n) is 6.60. The van der Waals surface area contributed by atoms with E-state index in [0.29, 0.717) is 28.0 Å². The van der Waals surface area contributed by atoms with E-state index in [0.717, 1.165) is 30.4 Å². The first-order valence-corrected chi connectivity index (χ1v) is 9.63. The summed E-state index contributed by atoms with van der Waals surface area (Å²) in [5.74, 6) is 1.60. The van der Waals surface area contributed by atoms with Gasteiger partial charge in [0.1, 0.15) is 11.1 Å². The monoisotopic (exact) mass is 382 g/mol. The van der Waals surface area contributed by atoms with Crippen molar-refractivity contribution in [3.8, 4) is 17.6 Å². The summed E-state index contributed by atoms with van der Waals surface area (Å²) >= 11 is 1.53. The molecule has 1 N–H and O–H groups in total. The van der Waals surface area contributed by atoms with Gasteiger partial charge < -0.3 is 14.8 Å². The number of nitriles is 1. The molecule has 140 valence electrons. The van der Waals surface area contributed by atoms with Gasteiger partial charge in [-0.2, -0.15) is 5.26 Å². The van der Waals surface area contributed by atoms with Crippen LogP contribution in [-0.2, 0) is 17.6 Å². The van der Waals surface area contributed by atoms with Crippen molar-refractivity contribution in [1.82, 2.24) is 0 Å². The number of hydrogen-bond donors (Lipinski definition) is 1. The van der Waals surface area contributed by atoms with E-state index in [1.54, 1.807) is 32.4 Å². The minimum absolute atomic E-state index is 0.257. The van der Waals surface area contributed by atoms with Crippen molar-refractivity contribution in [2.45, 2.75) is 26.2 Å². The summed E-state index contributed by atoms with van der Waals surface area (Å²) in [6.07, 6.45) is 6.15. The van der Waals surface area contributed by atoms with Gasteiger partial charge in [-0.25, -0.2) is 0 Å². The average molecular weight is 382 g/mol. The minimum atomic E-state index is -0.257. The van der Waals surface area contributed by atoms with Gasteiger partial charge >= 0.3 is 0 Å². The summed E-state index contributed by atoms with van der Waals surface area (Å²) in [7, 11) is 3.15. The third-order valence-electron chi connectivity index (χ3n) is 4.69. The van der Waals surface area contributed by atoms with Gasteiger partial charge in [0.2, 0.25) is 5.91 Å². The molecule has 0 saturated heterocycles. The van der Waals surface area contributed by atoms with Crippen LogP contribution in [0.1, 0.15) is 34.9 Å². The number of nitrogens with zero attached hydrogens (tertiary/aromatic N) is 1. The van der Waals surface area contributed by atoms with Crippen LogP contribution in [0.15, 0.2) is 24.3 Å². The van der Waals surface area contributed by atoms with Gasteiger partial charge in [-0.3, -0.25) is 4.79 Å². The van der Waals surface area contributed by atoms with E-state index in [-0.39, 0.29) is 5.91 Å². The van der Waals surface area contributed by atoms with Crippen molar-refractivity contribution in [3.63, 3.8) is 0 Å². The Labute approximate surface area is 163 Å². The molecule has 0 saturated carbocycles. The van der Waals surface area contributed by atoms with Gasteiger partial charge in [0.15, 0.2) is 11.5 Å². The van der Waals surface area contributed by atoms with E-state index in [9.17, 15) is 10.1 Å². The van der Waals surface area contributed by atoms with Gasteiger partial charge in [0.05, 0.1) is 19.8 Å². The van der Waals surface area contributed by atoms with E-state index >= 15 is 0 Å². The Kier molecular flexibility index (Phi) is 5.82. The molecular formula is C21H22N2O3S. The molecular weight excluding hydrogens is 360 g/mol. The fourth-order valence-electron chi connectivity index (χ4n) is 3.24. The number of ether oxygens (including phenoxy) is 2. The van der Waals surface area contributed by atoms with E-state index in [4.69, 9.17) is 9.47 Å². The molecule has 0 aliphatic heterocycles. The first-order chi connectivity index (χ1) is 13.0. The van der Waals surface area contributed by atoms with E-state index < -0.39 is 0 Å². The number of fused-ring (bicyclic) bond motifs is 1. The Hall–Kier alpha value is -2.78. The molecule has 0 fully saturated rings. The Morgan fingerprint density at radius 1 is 1.33 bits per heavy atom. The van der Waals surface area contributed by atoms with Gasteiger partial charge in [-0.15, -0.1) is 11.3 Å². The predicted octanol–water partition coefficient (Wildman–Crippen LogP) is 4.41. The number of anilines is 1. The molecule has 2 aromatic rings. The lowest BCUT2D eigenvalue weighted by atomic mass is 9.89. The summed E-state index contributed by atoms with van der Waals surface area (Å²) < 4.78 is 10.5. The van der Waals surface area contributed by atoms with Crippen molar-refractivity contribution >= 4 is 28.3 Å². The summed E-state index contributed by atoms with van der Waals surface area (Å²) in [6.45, 7) is 2.22. The van der Waals surface area contributed by atoms with E-state index in [1.165, 1.54) is 22.3 Å². The summed E-state index contributed by atoms with van der Waals surface area (Å²) in [6, 6.07) is 7.70. The molecule has 1 amide bonds. The largest absolute Gasteiger partial charge is 0.493 e. The van der Waals surface area contributed by atoms with Crippen LogP contribution in [0.3, 0.4) is 0 Å². The van der Waals surface area contributed by atoms with Crippen LogP contribution >= 0.6 is 11.3 Å². The maximum Gasteiger partial charge on any atom is 0.249 e. The summed E-state index contributed by atoms with van der Waals surface area (Å²) in [5.41, 5.74) is 2.55. The highest BCUT2D eigenvalue weighted by atomic mass is 32.1. The highest BCUT2D eigenvalue weighted by Gasteiger charge is 2.24. The van der Waals surface area contributed by atoms with E-state index in [2.05, 4.69) is 18.3 Å². The van der Waals surface area contributed by atoms with Crippen molar-refractivity contribution in [3.05, 3.63) is 45.8 Å². The quantitative estimate of drug-likeness (QED) is 0.778. The fraction of sp³-hybridized carbons (Fsp3) is 0.333. The second kappa shape index (κ2) is 8.28. The lowest BCUT2D eigenvalue weighted by Gasteiger charge is -2.17. The van der Waals surface area contributed by atoms with Gasteiger partial charge in [-0.05, 0) is 54.5 Å². The van der Waals surface area contributed by atoms with Crippen molar-refractivity contribution < 1.29 is 14.3 Å². The SMILES string of the molecule is COc1ccc(/C=C\C(=O)Nc2sc3c(c2C#N)CC[C@@H](C)C3)cc1OC. The number of methoxy groups -OCH3 is 2. The Balaban J connectivity index is 1.75. The molecule has 1 atom stereocenters. The summed E-state index contributed by atoms with van der Waals surface area (Å²) in [5, 5.41) is 13.0. The van der Waals surface area contributed by atoms with Crippen molar-refractivity contribution in [1.29, 1.82) is 5.26 Å². The molecule has 1 aliphatic carbocycles. The van der Waals surface area contributed by atoms with Crippen LogP contribution in [0, 0.1) is 17.2 Å². The number of rotatable bonds is 5. The molecule has 3 rings (SSSR count). The molecule has 6 heteroatoms. The van der Waals surface area contributed by atoms with Crippen molar-refractivity contribution in [2.24, 2.45) is 5.92 Å². The van der Waals surface area contributed by atoms with Crippen molar-refractivity contribution in [2.75, 3.05) is 19.5 Å². The molecule has 0 spiro atoms. The smallest absolute Gasteiger partial charge is 0.249 e. The lowest BCUT2D eigenvalue weighted by molar-refractivity contribution is -0.111. The van der Waals surface area contributed by atoms with Gasteiger partial charge in [-0.1, -0.05) is 13.0 Å². The Bertz CT molecular complexity index is 924. The normalized spacial score (nSPS) is 15.9. The zero-order valence-corrected chi connectivity index (χ0v) is 16.5. The predicted molar refractivity (Wildman–Crippen MR) is 107 cm³/mol. The first-order valence-electron chi connectivity index (χ1n) is 8.81. The highest BCUT2D eigenvalue weighted by Crippen LogP contribution is 2.39. The fourth-order valence-corrected chi connectivity index (χ4v) is 4.60. The van der Waals surface area contributed by atoms with Crippen LogP contribution in [0.5, 0.6) is 11.5 Å². The second-order valence-corrected chi connectivity index (χ2v) is 7.71. The number of hydrogen-bond acceptors (Lipinski definition) is 5. The third kappa shape index (κ3) is 4.15. The number of amides is 1. The maximum absolute atomic E-state index is 12.4. The average Bonchev–Trinajstić information content (AvgIpc) is 3.01. The van der Waals surface area contributed by atoms with Gasteiger partial charge in [0, 0.05) is 11.0 Å². The number of benzene rings is 1. The standard InChI is InChI=1S/C21H22N2O3S/c1-13-4-7-15-16(12-22)21(27-19(15)10-13)23-20(24)9-6-14-5-8-17(25-2)18(11-14)26-3/h5-6,8-9,11,13H,4,7,10H2,1-3H3,(H,23,24)/b9-6-/t13-/m1/s1. The van der Waals surface area contributed by atoms with E-state index in [1.807, 2.05) is 6.07 Å². The molecule has 5 nitrogen and oxygen atoms in total. The Morgan fingerprint density at radius 3 is 2.81 bits per heavy atom.